The van der Waals surface area contributed by atoms with Gasteiger partial charge in [-0.2, -0.15) is 0 Å². The van der Waals surface area contributed by atoms with Gasteiger partial charge in [0, 0.05) is 42.7 Å². The Kier molecular flexibility index (Phi) is 8.49. The first-order valence-electron chi connectivity index (χ1n) is 9.57. The second-order valence-corrected chi connectivity index (χ2v) is 8.82. The predicted octanol–water partition coefficient (Wildman–Crippen LogP) is 5.60. The second kappa shape index (κ2) is 10.4. The van der Waals surface area contributed by atoms with Gasteiger partial charge in [-0.15, -0.1) is 0 Å². The summed E-state index contributed by atoms with van der Waals surface area (Å²) in [4.78, 5) is 20.9. The van der Waals surface area contributed by atoms with Gasteiger partial charge in [0.1, 0.15) is 5.60 Å². The molecule has 0 N–H and O–H groups in total. The van der Waals surface area contributed by atoms with Gasteiger partial charge in [0.15, 0.2) is 0 Å². The first-order chi connectivity index (χ1) is 13.7. The Bertz CT molecular complexity index is 781. The van der Waals surface area contributed by atoms with Gasteiger partial charge >= 0.3 is 6.09 Å². The van der Waals surface area contributed by atoms with Gasteiger partial charge < -0.3 is 9.64 Å². The molecule has 1 aromatic rings. The molecule has 1 aliphatic rings. The van der Waals surface area contributed by atoms with E-state index < -0.39 is 5.60 Å². The van der Waals surface area contributed by atoms with E-state index in [2.05, 4.69) is 39.0 Å². The number of ether oxygens (including phenoxy) is 1. The number of halogens is 2. The van der Waals surface area contributed by atoms with Crippen molar-refractivity contribution in [2.24, 2.45) is 4.99 Å². The van der Waals surface area contributed by atoms with Crippen LogP contribution in [-0.2, 0) is 10.1 Å². The smallest absolute Gasteiger partial charge is 0.410 e. The number of piperazine rings is 1. The molecule has 2 rings (SSSR count). The quantitative estimate of drug-likeness (QED) is 0.392. The van der Waals surface area contributed by atoms with Gasteiger partial charge in [-0.1, -0.05) is 46.8 Å². The number of carbonyl (C=O) groups excluding carboxylic acids is 1. The number of aliphatic imine (C=N–C) groups is 1. The van der Waals surface area contributed by atoms with Crippen LogP contribution in [0.1, 0.15) is 37.9 Å². The van der Waals surface area contributed by atoms with Crippen LogP contribution in [0.15, 0.2) is 48.6 Å². The molecule has 0 radical (unpaired) electrons. The maximum atomic E-state index is 12.4. The van der Waals surface area contributed by atoms with E-state index in [4.69, 9.17) is 16.3 Å². The molecule has 1 saturated heterocycles. The molecular weight excluding hydrogens is 454 g/mol. The molecular formula is C22H29BrClN3O2. The summed E-state index contributed by atoms with van der Waals surface area (Å²) in [5.74, 6) is 0. The van der Waals surface area contributed by atoms with Crippen LogP contribution in [0.2, 0.25) is 5.02 Å². The summed E-state index contributed by atoms with van der Waals surface area (Å²) < 4.78 is 5.51. The fourth-order valence-corrected chi connectivity index (χ4v) is 4.01. The molecule has 1 atom stereocenters. The Morgan fingerprint density at radius 1 is 1.31 bits per heavy atom. The third-order valence-electron chi connectivity index (χ3n) is 4.60. The lowest BCUT2D eigenvalue weighted by Crippen LogP contribution is -2.52. The van der Waals surface area contributed by atoms with Crippen LogP contribution in [0.25, 0.3) is 0 Å². The van der Waals surface area contributed by atoms with E-state index in [-0.39, 0.29) is 12.1 Å². The van der Waals surface area contributed by atoms with Crippen LogP contribution in [0.4, 0.5) is 4.79 Å². The molecule has 158 valence electrons. The Labute approximate surface area is 187 Å². The van der Waals surface area contributed by atoms with Crippen molar-refractivity contribution in [3.8, 4) is 0 Å². The third-order valence-corrected chi connectivity index (χ3v) is 5.44. The lowest BCUT2D eigenvalue weighted by molar-refractivity contribution is 0.0129. The Hall–Kier alpha value is -1.63. The van der Waals surface area contributed by atoms with Gasteiger partial charge in [0.05, 0.1) is 11.8 Å². The molecule has 0 bridgehead atoms. The van der Waals surface area contributed by atoms with Crippen molar-refractivity contribution in [1.82, 2.24) is 9.80 Å². The highest BCUT2D eigenvalue weighted by Gasteiger charge is 2.32. The van der Waals surface area contributed by atoms with Crippen LogP contribution >= 0.6 is 27.5 Å². The number of amides is 1. The minimum Gasteiger partial charge on any atom is -0.444 e. The van der Waals surface area contributed by atoms with Crippen molar-refractivity contribution in [3.63, 3.8) is 0 Å². The van der Waals surface area contributed by atoms with Crippen LogP contribution in [0.5, 0.6) is 0 Å². The normalized spacial score (nSPS) is 17.0. The topological polar surface area (TPSA) is 45.1 Å². The summed E-state index contributed by atoms with van der Waals surface area (Å²) >= 11 is 9.78. The van der Waals surface area contributed by atoms with E-state index >= 15 is 0 Å². The minimum atomic E-state index is -0.503. The van der Waals surface area contributed by atoms with E-state index in [1.165, 1.54) is 6.20 Å². The van der Waals surface area contributed by atoms with Crippen LogP contribution in [-0.4, -0.2) is 53.4 Å². The maximum absolute atomic E-state index is 12.4. The van der Waals surface area contributed by atoms with Crippen LogP contribution in [0, 0.1) is 0 Å². The number of nitrogens with zero attached hydrogens (tertiary/aromatic N) is 3. The zero-order valence-corrected chi connectivity index (χ0v) is 19.7. The minimum absolute atomic E-state index is 0.101. The molecule has 29 heavy (non-hydrogen) atoms. The van der Waals surface area contributed by atoms with Crippen molar-refractivity contribution in [2.45, 2.75) is 37.7 Å². The van der Waals surface area contributed by atoms with Gasteiger partial charge in [0.25, 0.3) is 0 Å². The molecule has 1 aliphatic heterocycles. The molecule has 0 aromatic heterocycles. The third kappa shape index (κ3) is 6.43. The molecule has 1 heterocycles. The van der Waals surface area contributed by atoms with E-state index in [1.807, 2.05) is 39.0 Å². The highest BCUT2D eigenvalue weighted by molar-refractivity contribution is 9.08. The highest BCUT2D eigenvalue weighted by Crippen LogP contribution is 2.31. The lowest BCUT2D eigenvalue weighted by Gasteiger charge is -2.40. The zero-order valence-electron chi connectivity index (χ0n) is 17.3. The SMILES string of the molecule is C=CN=C(C=C)C(c1ccc(Cl)cc1CBr)N1CCN(C(=O)OC(C)(C)C)CC1. The molecule has 0 saturated carbocycles. The second-order valence-electron chi connectivity index (χ2n) is 7.82. The average molecular weight is 483 g/mol. The van der Waals surface area contributed by atoms with Crippen molar-refractivity contribution in [3.05, 3.63) is 59.8 Å². The number of rotatable bonds is 6. The van der Waals surface area contributed by atoms with Crippen molar-refractivity contribution in [2.75, 3.05) is 26.2 Å². The van der Waals surface area contributed by atoms with Crippen molar-refractivity contribution < 1.29 is 9.53 Å². The lowest BCUT2D eigenvalue weighted by atomic mass is 9.95. The zero-order chi connectivity index (χ0) is 21.6. The number of alkyl halides is 1. The standard InChI is InChI=1S/C22H29BrClN3O2/c1-6-19(25-7-2)20(18-9-8-17(24)14-16(18)15-23)26-10-12-27(13-11-26)21(28)29-22(3,4)5/h6-9,14,20H,1-2,10-13,15H2,3-5H3. The first kappa shape index (κ1) is 23.6. The van der Waals surface area contributed by atoms with E-state index in [1.54, 1.807) is 11.0 Å². The monoisotopic (exact) mass is 481 g/mol. The van der Waals surface area contributed by atoms with Gasteiger partial charge in [-0.25, -0.2) is 4.79 Å². The summed E-state index contributed by atoms with van der Waals surface area (Å²) in [6.07, 6.45) is 3.02. The van der Waals surface area contributed by atoms with Gasteiger partial charge in [0.2, 0.25) is 0 Å². The van der Waals surface area contributed by atoms with Gasteiger partial charge in [-0.05, 0) is 50.1 Å². The van der Waals surface area contributed by atoms with E-state index in [0.717, 1.165) is 16.8 Å². The average Bonchev–Trinajstić information content (AvgIpc) is 2.67. The van der Waals surface area contributed by atoms with Crippen molar-refractivity contribution in [1.29, 1.82) is 0 Å². The number of hydrogen-bond acceptors (Lipinski definition) is 4. The summed E-state index contributed by atoms with van der Waals surface area (Å²) in [7, 11) is 0. The highest BCUT2D eigenvalue weighted by atomic mass is 79.9. The molecule has 1 unspecified atom stereocenters. The van der Waals surface area contributed by atoms with E-state index in [0.29, 0.717) is 36.5 Å². The summed E-state index contributed by atoms with van der Waals surface area (Å²) in [5.41, 5.74) is 2.51. The molecule has 1 aromatic carbocycles. The van der Waals surface area contributed by atoms with E-state index in [9.17, 15) is 4.79 Å². The molecule has 5 nitrogen and oxygen atoms in total. The summed E-state index contributed by atoms with van der Waals surface area (Å²) in [6.45, 7) is 15.9. The molecule has 0 aliphatic carbocycles. The largest absolute Gasteiger partial charge is 0.444 e. The predicted molar refractivity (Wildman–Crippen MR) is 124 cm³/mol. The summed E-state index contributed by atoms with van der Waals surface area (Å²) in [6, 6.07) is 5.79. The molecule has 1 fully saturated rings. The summed E-state index contributed by atoms with van der Waals surface area (Å²) in [5, 5.41) is 1.37. The van der Waals surface area contributed by atoms with Crippen LogP contribution < -0.4 is 0 Å². The number of carbonyl (C=O) groups is 1. The number of benzene rings is 1. The number of hydrogen-bond donors (Lipinski definition) is 0. The molecule has 1 amide bonds. The Morgan fingerprint density at radius 3 is 2.48 bits per heavy atom. The fourth-order valence-electron chi connectivity index (χ4n) is 3.33. The van der Waals surface area contributed by atoms with Gasteiger partial charge in [-0.3, -0.25) is 9.89 Å². The fraction of sp³-hybridized carbons (Fsp3) is 0.455. The maximum Gasteiger partial charge on any atom is 0.410 e. The molecule has 0 spiro atoms. The first-order valence-corrected chi connectivity index (χ1v) is 11.1. The van der Waals surface area contributed by atoms with Crippen molar-refractivity contribution >= 4 is 39.3 Å². The van der Waals surface area contributed by atoms with Crippen LogP contribution in [0.3, 0.4) is 0 Å². The molecule has 7 heteroatoms. The Balaban J connectivity index is 2.28. The Morgan fingerprint density at radius 2 is 1.97 bits per heavy atom.